The Kier molecular flexibility index (Phi) is 51.4. The van der Waals surface area contributed by atoms with Crippen LogP contribution in [-0.2, 0) is 28.6 Å². The highest BCUT2D eigenvalue weighted by Gasteiger charge is 2.19. The summed E-state index contributed by atoms with van der Waals surface area (Å²) in [6.07, 6.45) is 69.9. The number of esters is 3. The molecule has 0 aromatic heterocycles. The first-order valence-electron chi connectivity index (χ1n) is 27.6. The van der Waals surface area contributed by atoms with Gasteiger partial charge in [-0.25, -0.2) is 0 Å². The van der Waals surface area contributed by atoms with Crippen molar-refractivity contribution < 1.29 is 28.6 Å². The molecule has 66 heavy (non-hydrogen) atoms. The van der Waals surface area contributed by atoms with Crippen LogP contribution in [0, 0.1) is 0 Å². The third-order valence-corrected chi connectivity index (χ3v) is 11.6. The summed E-state index contributed by atoms with van der Waals surface area (Å²) >= 11 is 0. The van der Waals surface area contributed by atoms with Gasteiger partial charge in [-0.3, -0.25) is 14.4 Å². The Hall–Kier alpha value is -3.41. The van der Waals surface area contributed by atoms with Crippen LogP contribution in [0.1, 0.15) is 258 Å². The molecule has 0 saturated heterocycles. The van der Waals surface area contributed by atoms with Crippen LogP contribution >= 0.6 is 0 Å². The lowest BCUT2D eigenvalue weighted by Gasteiger charge is -2.18. The van der Waals surface area contributed by atoms with Crippen LogP contribution in [0.3, 0.4) is 0 Å². The summed E-state index contributed by atoms with van der Waals surface area (Å²) in [6.45, 7) is 6.45. The Bertz CT molecular complexity index is 1290. The summed E-state index contributed by atoms with van der Waals surface area (Å²) < 4.78 is 16.8. The highest BCUT2D eigenvalue weighted by molar-refractivity contribution is 5.71. The maximum absolute atomic E-state index is 12.8. The van der Waals surface area contributed by atoms with Crippen molar-refractivity contribution in [2.24, 2.45) is 0 Å². The lowest BCUT2D eigenvalue weighted by Crippen LogP contribution is -2.30. The predicted molar refractivity (Wildman–Crippen MR) is 284 cm³/mol. The van der Waals surface area contributed by atoms with E-state index in [1.165, 1.54) is 109 Å². The summed E-state index contributed by atoms with van der Waals surface area (Å²) in [5.74, 6) is -0.918. The van der Waals surface area contributed by atoms with Crippen molar-refractivity contribution in [3.63, 3.8) is 0 Å². The van der Waals surface area contributed by atoms with E-state index in [2.05, 4.69) is 106 Å². The molecule has 0 bridgehead atoms. The van der Waals surface area contributed by atoms with Crippen LogP contribution in [0.5, 0.6) is 0 Å². The van der Waals surface area contributed by atoms with E-state index in [1.54, 1.807) is 0 Å². The summed E-state index contributed by atoms with van der Waals surface area (Å²) in [5.41, 5.74) is 0. The molecule has 0 N–H and O–H groups in total. The van der Waals surface area contributed by atoms with Crippen LogP contribution in [0.25, 0.3) is 0 Å². The zero-order chi connectivity index (χ0) is 47.9. The fourth-order valence-electron chi connectivity index (χ4n) is 7.46. The van der Waals surface area contributed by atoms with Gasteiger partial charge in [-0.2, -0.15) is 0 Å². The number of rotatable bonds is 49. The Morgan fingerprint density at radius 3 is 0.939 bits per heavy atom. The first-order chi connectivity index (χ1) is 32.5. The van der Waals surface area contributed by atoms with Crippen molar-refractivity contribution in [3.8, 4) is 0 Å². The minimum atomic E-state index is -0.791. The van der Waals surface area contributed by atoms with Gasteiger partial charge in [-0.05, 0) is 116 Å². The van der Waals surface area contributed by atoms with Crippen molar-refractivity contribution >= 4 is 17.9 Å². The van der Waals surface area contributed by atoms with Gasteiger partial charge < -0.3 is 14.2 Å². The van der Waals surface area contributed by atoms with E-state index >= 15 is 0 Å². The van der Waals surface area contributed by atoms with Crippen LogP contribution in [0.2, 0.25) is 0 Å². The molecule has 0 aromatic rings. The number of ether oxygens (including phenoxy) is 3. The smallest absolute Gasteiger partial charge is 0.306 e. The van der Waals surface area contributed by atoms with Crippen LogP contribution in [0.15, 0.2) is 85.1 Å². The fourth-order valence-corrected chi connectivity index (χ4v) is 7.46. The van der Waals surface area contributed by atoms with Crippen molar-refractivity contribution in [3.05, 3.63) is 85.1 Å². The second-order valence-corrected chi connectivity index (χ2v) is 18.1. The monoisotopic (exact) mass is 919 g/mol. The van der Waals surface area contributed by atoms with Gasteiger partial charge in [-0.15, -0.1) is 0 Å². The summed E-state index contributed by atoms with van der Waals surface area (Å²) in [6, 6.07) is 0. The van der Waals surface area contributed by atoms with Gasteiger partial charge >= 0.3 is 17.9 Å². The second kappa shape index (κ2) is 54.2. The minimum Gasteiger partial charge on any atom is -0.462 e. The molecule has 0 radical (unpaired) electrons. The van der Waals surface area contributed by atoms with Crippen molar-refractivity contribution in [1.82, 2.24) is 0 Å². The Morgan fingerprint density at radius 2 is 0.591 bits per heavy atom. The molecule has 0 spiro atoms. The molecule has 0 rings (SSSR count). The van der Waals surface area contributed by atoms with Crippen molar-refractivity contribution in [2.45, 2.75) is 264 Å². The SMILES string of the molecule is CC/C=C\C/C=C\C/C=C\CCCCCCCCCC(=O)OC(COC(=O)CCCCCCC/C=C\CCCCC)COC(=O)CCCCCCCC/C=C\C/C=C\C/C=C\CCCCC. The number of allylic oxidation sites excluding steroid dienone is 14. The third kappa shape index (κ3) is 51.6. The van der Waals surface area contributed by atoms with Gasteiger partial charge in [0, 0.05) is 19.3 Å². The number of carbonyl (C=O) groups is 3. The van der Waals surface area contributed by atoms with E-state index in [1.807, 2.05) is 0 Å². The fraction of sp³-hybridized carbons (Fsp3) is 0.717. The molecule has 0 amide bonds. The Morgan fingerprint density at radius 1 is 0.318 bits per heavy atom. The molecule has 0 heterocycles. The number of hydrogen-bond acceptors (Lipinski definition) is 6. The maximum Gasteiger partial charge on any atom is 0.306 e. The molecule has 0 saturated carbocycles. The average Bonchev–Trinajstić information content (AvgIpc) is 3.31. The van der Waals surface area contributed by atoms with Gasteiger partial charge in [0.1, 0.15) is 13.2 Å². The van der Waals surface area contributed by atoms with Crippen LogP contribution in [0.4, 0.5) is 0 Å². The minimum absolute atomic E-state index is 0.0896. The van der Waals surface area contributed by atoms with Gasteiger partial charge in [-0.1, -0.05) is 209 Å². The van der Waals surface area contributed by atoms with E-state index in [-0.39, 0.29) is 31.1 Å². The molecule has 0 aliphatic heterocycles. The molecule has 1 atom stereocenters. The molecule has 0 aromatic carbocycles. The topological polar surface area (TPSA) is 78.9 Å². The zero-order valence-corrected chi connectivity index (χ0v) is 43.2. The normalized spacial score (nSPS) is 12.7. The van der Waals surface area contributed by atoms with E-state index in [0.717, 1.165) is 109 Å². The predicted octanol–water partition coefficient (Wildman–Crippen LogP) is 18.4. The van der Waals surface area contributed by atoms with Gasteiger partial charge in [0.15, 0.2) is 6.10 Å². The van der Waals surface area contributed by atoms with E-state index in [4.69, 9.17) is 14.2 Å². The molecule has 6 heteroatoms. The first kappa shape index (κ1) is 62.6. The average molecular weight is 919 g/mol. The van der Waals surface area contributed by atoms with Crippen LogP contribution in [-0.4, -0.2) is 37.2 Å². The van der Waals surface area contributed by atoms with E-state index in [9.17, 15) is 14.4 Å². The maximum atomic E-state index is 12.8. The van der Waals surface area contributed by atoms with Gasteiger partial charge in [0.2, 0.25) is 0 Å². The highest BCUT2D eigenvalue weighted by Crippen LogP contribution is 2.14. The second-order valence-electron chi connectivity index (χ2n) is 18.1. The quantitative estimate of drug-likeness (QED) is 0.0262. The lowest BCUT2D eigenvalue weighted by molar-refractivity contribution is -0.167. The largest absolute Gasteiger partial charge is 0.462 e. The molecule has 0 fully saturated rings. The Balaban J connectivity index is 4.41. The number of carbonyl (C=O) groups excluding carboxylic acids is 3. The Labute approximate surface area is 407 Å². The van der Waals surface area contributed by atoms with E-state index in [0.29, 0.717) is 19.3 Å². The molecular formula is C60H102O6. The summed E-state index contributed by atoms with van der Waals surface area (Å²) in [7, 11) is 0. The van der Waals surface area contributed by atoms with E-state index < -0.39 is 6.10 Å². The molecule has 1 unspecified atom stereocenters. The van der Waals surface area contributed by atoms with Crippen molar-refractivity contribution in [1.29, 1.82) is 0 Å². The van der Waals surface area contributed by atoms with Gasteiger partial charge in [0.05, 0.1) is 0 Å². The van der Waals surface area contributed by atoms with Crippen molar-refractivity contribution in [2.75, 3.05) is 13.2 Å². The summed E-state index contributed by atoms with van der Waals surface area (Å²) in [4.78, 5) is 38.1. The van der Waals surface area contributed by atoms with Crippen LogP contribution < -0.4 is 0 Å². The molecule has 6 nitrogen and oxygen atoms in total. The van der Waals surface area contributed by atoms with Gasteiger partial charge in [0.25, 0.3) is 0 Å². The zero-order valence-electron chi connectivity index (χ0n) is 43.2. The standard InChI is InChI=1S/C60H102O6/c1-4-7-10-13-16-19-22-25-27-29-30-32-33-35-38-41-44-47-50-53-59(62)65-56-57(55-64-58(61)52-49-46-43-40-37-24-21-18-15-12-9-6-3)66-60(63)54-51-48-45-42-39-36-34-31-28-26-23-20-17-14-11-8-5-2/h8,11,16-21,25-28,30,32,57H,4-7,9-10,12-15,22-24,29,31,33-56H2,1-3H3/b11-8-,19-16-,20-17-,21-18-,27-25-,28-26-,32-30-. The molecular weight excluding hydrogens is 817 g/mol. The lowest BCUT2D eigenvalue weighted by atomic mass is 10.1. The first-order valence-corrected chi connectivity index (χ1v) is 27.6. The third-order valence-electron chi connectivity index (χ3n) is 11.6. The molecule has 0 aliphatic rings. The highest BCUT2D eigenvalue weighted by atomic mass is 16.6. The molecule has 378 valence electrons. The summed E-state index contributed by atoms with van der Waals surface area (Å²) in [5, 5.41) is 0. The molecule has 0 aliphatic carbocycles. The number of hydrogen-bond donors (Lipinski definition) is 0. The number of unbranched alkanes of at least 4 members (excludes halogenated alkanes) is 24.